The number of carbonyl (C=O) groups excluding carboxylic acids is 2. The molecule has 44 heavy (non-hydrogen) atoms. The van der Waals surface area contributed by atoms with Crippen LogP contribution in [-0.4, -0.2) is 50.4 Å². The Hall–Kier alpha value is -4.16. The van der Waals surface area contributed by atoms with Crippen molar-refractivity contribution in [3.63, 3.8) is 0 Å². The van der Waals surface area contributed by atoms with Crippen LogP contribution in [0.4, 0.5) is 18.0 Å². The summed E-state index contributed by atoms with van der Waals surface area (Å²) in [6, 6.07) is 12.0. The zero-order chi connectivity index (χ0) is 31.2. The number of hydrogen-bond donors (Lipinski definition) is 3. The highest BCUT2D eigenvalue weighted by molar-refractivity contribution is 6.03. The molecular formula is C31H34F3N5O5. The van der Waals surface area contributed by atoms with Crippen molar-refractivity contribution in [3.8, 4) is 0 Å². The number of aliphatic carboxylic acids is 1. The van der Waals surface area contributed by atoms with Gasteiger partial charge in [-0.15, -0.1) is 0 Å². The minimum absolute atomic E-state index is 0.110. The Morgan fingerprint density at radius 1 is 1.11 bits per heavy atom. The first-order valence-electron chi connectivity index (χ1n) is 14.9. The lowest BCUT2D eigenvalue weighted by Crippen LogP contribution is -2.58. The summed E-state index contributed by atoms with van der Waals surface area (Å²) in [5.74, 6) is -4.76. The van der Waals surface area contributed by atoms with Crippen molar-refractivity contribution in [2.75, 3.05) is 6.54 Å². The van der Waals surface area contributed by atoms with E-state index in [-0.39, 0.29) is 18.2 Å². The first-order chi connectivity index (χ1) is 21.0. The van der Waals surface area contributed by atoms with Crippen LogP contribution in [-0.2, 0) is 20.9 Å². The standard InChI is InChI=1S/C31H34F3N5O5/c1-17(30(28(41)42)13-21(31(32,33)34)14-35-27(30)40)22-11-12-24-36-23(15-39(24)38-22)26(25(19-7-8-19)20-9-10-20)37-29(43)44-16-18-5-3-2-4-6-18/h2-6,11-12,15,17,19-21,25-26H,7-10,13-14,16H2,1H3,(H,35,40)(H,37,43)(H,41,42)/t17?,21-,26?,30?/m1/s1. The number of alkyl halides is 3. The molecule has 3 heterocycles. The summed E-state index contributed by atoms with van der Waals surface area (Å²) in [4.78, 5) is 43.1. The van der Waals surface area contributed by atoms with Crippen molar-refractivity contribution in [1.29, 1.82) is 0 Å². The Balaban J connectivity index is 1.29. The van der Waals surface area contributed by atoms with Gasteiger partial charge in [0.1, 0.15) is 6.61 Å². The third-order valence-electron chi connectivity index (χ3n) is 9.39. The van der Waals surface area contributed by atoms with Gasteiger partial charge in [0.15, 0.2) is 11.1 Å². The normalized spacial score (nSPS) is 23.7. The fraction of sp³-hybridized carbons (Fsp3) is 0.516. The molecule has 3 aliphatic rings. The Morgan fingerprint density at radius 3 is 2.41 bits per heavy atom. The van der Waals surface area contributed by atoms with Gasteiger partial charge in [0.2, 0.25) is 5.91 Å². The number of nitrogens with one attached hydrogen (secondary N) is 2. The third-order valence-corrected chi connectivity index (χ3v) is 9.39. The molecule has 3 unspecified atom stereocenters. The molecule has 1 saturated heterocycles. The van der Waals surface area contributed by atoms with E-state index in [1.54, 1.807) is 12.3 Å². The van der Waals surface area contributed by atoms with E-state index in [9.17, 15) is 32.7 Å². The molecule has 4 atom stereocenters. The number of benzene rings is 1. The number of imidazole rings is 1. The number of hydrogen-bond acceptors (Lipinski definition) is 6. The molecule has 2 aromatic heterocycles. The molecule has 3 N–H and O–H groups in total. The van der Waals surface area contributed by atoms with E-state index in [0.717, 1.165) is 31.2 Å². The van der Waals surface area contributed by atoms with Gasteiger partial charge in [0.05, 0.1) is 29.5 Å². The molecule has 0 radical (unpaired) electrons. The highest BCUT2D eigenvalue weighted by Crippen LogP contribution is 2.54. The van der Waals surface area contributed by atoms with Gasteiger partial charge < -0.3 is 20.5 Å². The Kier molecular flexibility index (Phi) is 7.75. The van der Waals surface area contributed by atoms with Crippen molar-refractivity contribution in [2.45, 2.75) is 63.8 Å². The first-order valence-corrected chi connectivity index (χ1v) is 14.9. The van der Waals surface area contributed by atoms with Crippen LogP contribution in [0.5, 0.6) is 0 Å². The van der Waals surface area contributed by atoms with E-state index >= 15 is 0 Å². The van der Waals surface area contributed by atoms with Gasteiger partial charge in [-0.05, 0) is 67.6 Å². The molecule has 6 rings (SSSR count). The van der Waals surface area contributed by atoms with Crippen LogP contribution in [0.15, 0.2) is 48.7 Å². The van der Waals surface area contributed by atoms with E-state index in [1.807, 2.05) is 30.3 Å². The van der Waals surface area contributed by atoms with Crippen LogP contribution in [0.3, 0.4) is 0 Å². The van der Waals surface area contributed by atoms with Crippen molar-refractivity contribution in [2.24, 2.45) is 29.1 Å². The summed E-state index contributed by atoms with van der Waals surface area (Å²) in [6.07, 6.45) is -0.250. The molecule has 10 nitrogen and oxygen atoms in total. The molecule has 3 aromatic rings. The highest BCUT2D eigenvalue weighted by atomic mass is 19.4. The molecule has 3 fully saturated rings. The maximum Gasteiger partial charge on any atom is 0.408 e. The van der Waals surface area contributed by atoms with Crippen LogP contribution in [0.1, 0.15) is 67.9 Å². The molecule has 2 amide bonds. The summed E-state index contributed by atoms with van der Waals surface area (Å²) in [6.45, 7) is 0.841. The second-order valence-corrected chi connectivity index (χ2v) is 12.3. The fourth-order valence-electron chi connectivity index (χ4n) is 6.60. The van der Waals surface area contributed by atoms with Crippen molar-refractivity contribution < 1.29 is 37.4 Å². The van der Waals surface area contributed by atoms with Crippen molar-refractivity contribution in [3.05, 3.63) is 65.6 Å². The largest absolute Gasteiger partial charge is 0.480 e. The molecule has 234 valence electrons. The number of ether oxygens (including phenoxy) is 1. The second-order valence-electron chi connectivity index (χ2n) is 12.3. The van der Waals surface area contributed by atoms with E-state index in [4.69, 9.17) is 9.72 Å². The minimum atomic E-state index is -4.67. The maximum absolute atomic E-state index is 13.6. The van der Waals surface area contributed by atoms with Gasteiger partial charge >= 0.3 is 18.2 Å². The third kappa shape index (κ3) is 5.83. The van der Waals surface area contributed by atoms with E-state index < -0.39 is 60.4 Å². The minimum Gasteiger partial charge on any atom is -0.480 e. The summed E-state index contributed by atoms with van der Waals surface area (Å²) < 4.78 is 47.8. The summed E-state index contributed by atoms with van der Waals surface area (Å²) in [5.41, 5.74) is -0.404. The second kappa shape index (κ2) is 11.4. The number of aromatic nitrogens is 3. The zero-order valence-electron chi connectivity index (χ0n) is 24.1. The van der Waals surface area contributed by atoms with Crippen LogP contribution >= 0.6 is 0 Å². The highest BCUT2D eigenvalue weighted by Gasteiger charge is 2.59. The number of carboxylic acid groups (broad SMARTS) is 1. The summed E-state index contributed by atoms with van der Waals surface area (Å²) in [5, 5.41) is 19.8. The van der Waals surface area contributed by atoms with Crippen LogP contribution in [0.25, 0.3) is 5.65 Å². The van der Waals surface area contributed by atoms with Gasteiger partial charge in [-0.25, -0.2) is 14.3 Å². The topological polar surface area (TPSA) is 135 Å². The number of amides is 2. The predicted molar refractivity (Wildman–Crippen MR) is 150 cm³/mol. The average Bonchev–Trinajstić information content (AvgIpc) is 3.94. The average molecular weight is 614 g/mol. The lowest BCUT2D eigenvalue weighted by Gasteiger charge is -2.40. The SMILES string of the molecule is CC(c1ccc2nc(C(NC(=O)OCc3ccccc3)C(C3CC3)C3CC3)cn2n1)C1(C(=O)O)C[C@@H](C(F)(F)F)CNC1=O. The van der Waals surface area contributed by atoms with Crippen LogP contribution < -0.4 is 10.6 Å². The Morgan fingerprint density at radius 2 is 1.80 bits per heavy atom. The monoisotopic (exact) mass is 613 g/mol. The number of alkyl carbamates (subject to hydrolysis) is 1. The number of carboxylic acids is 1. The number of rotatable bonds is 10. The molecule has 0 bridgehead atoms. The zero-order valence-corrected chi connectivity index (χ0v) is 24.1. The van der Waals surface area contributed by atoms with Crippen LogP contribution in [0, 0.1) is 29.1 Å². The predicted octanol–water partition coefficient (Wildman–Crippen LogP) is 5.01. The number of nitrogens with zero attached hydrogens (tertiary/aromatic N) is 3. The van der Waals surface area contributed by atoms with Gasteiger partial charge in [-0.1, -0.05) is 37.3 Å². The van der Waals surface area contributed by atoms with E-state index in [2.05, 4.69) is 15.7 Å². The number of fused-ring (bicyclic) bond motifs is 1. The van der Waals surface area contributed by atoms with Crippen LogP contribution in [0.2, 0.25) is 0 Å². The molecular weight excluding hydrogens is 579 g/mol. The molecule has 0 spiro atoms. The molecule has 13 heteroatoms. The summed E-state index contributed by atoms with van der Waals surface area (Å²) in [7, 11) is 0. The molecule has 2 aliphatic carbocycles. The fourth-order valence-corrected chi connectivity index (χ4v) is 6.60. The van der Waals surface area contributed by atoms with E-state index in [0.29, 0.717) is 23.2 Å². The molecule has 1 aliphatic heterocycles. The van der Waals surface area contributed by atoms with Gasteiger partial charge in [0, 0.05) is 12.5 Å². The first kappa shape index (κ1) is 29.9. The lowest BCUT2D eigenvalue weighted by molar-refractivity contribution is -0.195. The van der Waals surface area contributed by atoms with Crippen molar-refractivity contribution >= 4 is 23.6 Å². The smallest absolute Gasteiger partial charge is 0.408 e. The lowest BCUT2D eigenvalue weighted by atomic mass is 9.66. The van der Waals surface area contributed by atoms with E-state index in [1.165, 1.54) is 17.5 Å². The molecule has 1 aromatic carbocycles. The Labute approximate surface area is 251 Å². The number of halogens is 3. The molecule has 2 saturated carbocycles. The maximum atomic E-state index is 13.6. The quantitative estimate of drug-likeness (QED) is 0.274. The Bertz CT molecular complexity index is 1540. The summed E-state index contributed by atoms with van der Waals surface area (Å²) >= 11 is 0. The van der Waals surface area contributed by atoms with Gasteiger partial charge in [0.25, 0.3) is 0 Å². The van der Waals surface area contributed by atoms with Gasteiger partial charge in [-0.3, -0.25) is 9.59 Å². The number of piperidine rings is 1. The number of carbonyl (C=O) groups is 3. The van der Waals surface area contributed by atoms with Gasteiger partial charge in [-0.2, -0.15) is 18.3 Å². The van der Waals surface area contributed by atoms with Crippen molar-refractivity contribution in [1.82, 2.24) is 25.2 Å².